The van der Waals surface area contributed by atoms with E-state index in [0.717, 1.165) is 5.56 Å². The third kappa shape index (κ3) is 2.50. The van der Waals surface area contributed by atoms with Gasteiger partial charge in [-0.05, 0) is 34.5 Å². The van der Waals surface area contributed by atoms with E-state index in [1.54, 1.807) is 29.7 Å². The van der Waals surface area contributed by atoms with Crippen LogP contribution >= 0.6 is 22.9 Å². The predicted molar refractivity (Wildman–Crippen MR) is 79.7 cm³/mol. The summed E-state index contributed by atoms with van der Waals surface area (Å²) in [4.78, 5) is 4.16. The monoisotopic (exact) mass is 289 g/mol. The Morgan fingerprint density at radius 2 is 2.05 bits per heavy atom. The van der Waals surface area contributed by atoms with E-state index < -0.39 is 6.10 Å². The quantitative estimate of drug-likeness (QED) is 0.783. The van der Waals surface area contributed by atoms with E-state index >= 15 is 0 Å². The van der Waals surface area contributed by atoms with Crippen LogP contribution in [0.3, 0.4) is 0 Å². The normalized spacial score (nSPS) is 12.7. The molecule has 2 nitrogen and oxygen atoms in total. The molecule has 0 fully saturated rings. The van der Waals surface area contributed by atoms with Gasteiger partial charge in [0.2, 0.25) is 0 Å². The minimum Gasteiger partial charge on any atom is -0.386 e. The summed E-state index contributed by atoms with van der Waals surface area (Å²) in [7, 11) is 0. The molecule has 3 rings (SSSR count). The Balaban J connectivity index is 1.91. The first kappa shape index (κ1) is 12.6. The van der Waals surface area contributed by atoms with Crippen LogP contribution in [0.25, 0.3) is 10.1 Å². The Kier molecular flexibility index (Phi) is 3.51. The molecule has 1 aromatic carbocycles. The van der Waals surface area contributed by atoms with E-state index in [2.05, 4.69) is 22.5 Å². The molecule has 19 heavy (non-hydrogen) atoms. The van der Waals surface area contributed by atoms with Crippen LogP contribution in [0.2, 0.25) is 5.02 Å². The molecule has 4 heteroatoms. The van der Waals surface area contributed by atoms with E-state index in [-0.39, 0.29) is 0 Å². The Hall–Kier alpha value is -1.42. The highest BCUT2D eigenvalue weighted by Gasteiger charge is 2.15. The highest BCUT2D eigenvalue weighted by Crippen LogP contribution is 2.30. The number of thiophene rings is 1. The van der Waals surface area contributed by atoms with Crippen molar-refractivity contribution >= 4 is 33.0 Å². The van der Waals surface area contributed by atoms with Crippen molar-refractivity contribution in [2.24, 2.45) is 0 Å². The van der Waals surface area contributed by atoms with E-state index in [1.807, 2.05) is 12.1 Å². The number of fused-ring (bicyclic) bond motifs is 1. The number of aliphatic hydroxyl groups is 1. The van der Waals surface area contributed by atoms with Crippen LogP contribution in [0.5, 0.6) is 0 Å². The molecule has 1 unspecified atom stereocenters. The first-order valence-electron chi connectivity index (χ1n) is 5.99. The topological polar surface area (TPSA) is 33.1 Å². The summed E-state index contributed by atoms with van der Waals surface area (Å²) < 4.78 is 1.23. The molecule has 3 aromatic rings. The standard InChI is InChI=1S/C15H12ClNOS/c16-12-5-3-7-17-15(12)13(18)8-10-9-19-14-6-2-1-4-11(10)14/h1-7,9,13,18H,8H2. The lowest BCUT2D eigenvalue weighted by molar-refractivity contribution is 0.174. The largest absolute Gasteiger partial charge is 0.386 e. The molecule has 96 valence electrons. The summed E-state index contributed by atoms with van der Waals surface area (Å²) in [6, 6.07) is 11.7. The molecule has 2 heterocycles. The third-order valence-electron chi connectivity index (χ3n) is 3.08. The molecule has 1 N–H and O–H groups in total. The van der Waals surface area contributed by atoms with Crippen molar-refractivity contribution in [1.82, 2.24) is 4.98 Å². The van der Waals surface area contributed by atoms with Crippen molar-refractivity contribution in [2.75, 3.05) is 0 Å². The first-order valence-corrected chi connectivity index (χ1v) is 7.25. The van der Waals surface area contributed by atoms with Crippen LogP contribution in [0.15, 0.2) is 48.0 Å². The van der Waals surface area contributed by atoms with Gasteiger partial charge in [0.05, 0.1) is 10.7 Å². The Morgan fingerprint density at radius 3 is 2.89 bits per heavy atom. The molecule has 0 amide bonds. The van der Waals surface area contributed by atoms with Crippen molar-refractivity contribution in [3.8, 4) is 0 Å². The minimum atomic E-state index is -0.674. The molecule has 2 aromatic heterocycles. The van der Waals surface area contributed by atoms with Crippen molar-refractivity contribution in [3.05, 3.63) is 64.3 Å². The fourth-order valence-corrected chi connectivity index (χ4v) is 3.36. The zero-order valence-corrected chi connectivity index (χ0v) is 11.7. The van der Waals surface area contributed by atoms with Crippen LogP contribution in [0, 0.1) is 0 Å². The zero-order chi connectivity index (χ0) is 13.2. The van der Waals surface area contributed by atoms with Gasteiger partial charge < -0.3 is 5.11 Å². The number of benzene rings is 1. The summed E-state index contributed by atoms with van der Waals surface area (Å²) in [5.74, 6) is 0. The van der Waals surface area contributed by atoms with Crippen LogP contribution in [0.1, 0.15) is 17.4 Å². The number of hydrogen-bond acceptors (Lipinski definition) is 3. The van der Waals surface area contributed by atoms with Gasteiger partial charge in [0.15, 0.2) is 0 Å². The molecule has 1 atom stereocenters. The number of aliphatic hydroxyl groups excluding tert-OH is 1. The maximum absolute atomic E-state index is 10.3. The van der Waals surface area contributed by atoms with Gasteiger partial charge in [0.1, 0.15) is 6.10 Å². The van der Waals surface area contributed by atoms with Gasteiger partial charge in [-0.15, -0.1) is 11.3 Å². The van der Waals surface area contributed by atoms with Crippen molar-refractivity contribution in [2.45, 2.75) is 12.5 Å². The maximum atomic E-state index is 10.3. The summed E-state index contributed by atoms with van der Waals surface area (Å²) in [6.07, 6.45) is 1.50. The second kappa shape index (κ2) is 5.29. The Labute approximate surface area is 120 Å². The van der Waals surface area contributed by atoms with Crippen LogP contribution in [0.4, 0.5) is 0 Å². The van der Waals surface area contributed by atoms with Crippen molar-refractivity contribution in [3.63, 3.8) is 0 Å². The number of nitrogens with zero attached hydrogens (tertiary/aromatic N) is 1. The Bertz CT molecular complexity index is 710. The van der Waals surface area contributed by atoms with Crippen LogP contribution in [-0.4, -0.2) is 10.1 Å². The molecule has 0 radical (unpaired) electrons. The van der Waals surface area contributed by atoms with E-state index in [1.165, 1.54) is 10.1 Å². The number of pyridine rings is 1. The SMILES string of the molecule is OC(Cc1csc2ccccc12)c1ncccc1Cl. The van der Waals surface area contributed by atoms with Crippen LogP contribution in [-0.2, 0) is 6.42 Å². The maximum Gasteiger partial charge on any atom is 0.102 e. The molecule has 0 spiro atoms. The zero-order valence-electron chi connectivity index (χ0n) is 10.1. The summed E-state index contributed by atoms with van der Waals surface area (Å²) in [5.41, 5.74) is 1.68. The highest BCUT2D eigenvalue weighted by atomic mass is 35.5. The van der Waals surface area contributed by atoms with E-state index in [4.69, 9.17) is 11.6 Å². The lowest BCUT2D eigenvalue weighted by Crippen LogP contribution is -2.04. The Morgan fingerprint density at radius 1 is 1.21 bits per heavy atom. The molecule has 0 bridgehead atoms. The van der Waals surface area contributed by atoms with Gasteiger partial charge in [0.25, 0.3) is 0 Å². The molecule has 0 saturated heterocycles. The molecule has 0 saturated carbocycles. The van der Waals surface area contributed by atoms with Crippen LogP contribution < -0.4 is 0 Å². The third-order valence-corrected chi connectivity index (χ3v) is 4.41. The number of aromatic nitrogens is 1. The molecular formula is C15H12ClNOS. The average Bonchev–Trinajstić information content (AvgIpc) is 2.83. The average molecular weight is 290 g/mol. The number of halogens is 1. The van der Waals surface area contributed by atoms with Gasteiger partial charge in [-0.25, -0.2) is 0 Å². The summed E-state index contributed by atoms with van der Waals surface area (Å²) >= 11 is 7.75. The summed E-state index contributed by atoms with van der Waals surface area (Å²) in [6.45, 7) is 0. The van der Waals surface area contributed by atoms with E-state index in [0.29, 0.717) is 17.1 Å². The van der Waals surface area contributed by atoms with Gasteiger partial charge >= 0.3 is 0 Å². The van der Waals surface area contributed by atoms with Crippen molar-refractivity contribution in [1.29, 1.82) is 0 Å². The van der Waals surface area contributed by atoms with Gasteiger partial charge in [-0.1, -0.05) is 29.8 Å². The highest BCUT2D eigenvalue weighted by molar-refractivity contribution is 7.17. The van der Waals surface area contributed by atoms with Gasteiger partial charge in [0, 0.05) is 17.3 Å². The lowest BCUT2D eigenvalue weighted by atomic mass is 10.0. The minimum absolute atomic E-state index is 0.509. The second-order valence-corrected chi connectivity index (χ2v) is 5.67. The number of rotatable bonds is 3. The van der Waals surface area contributed by atoms with Gasteiger partial charge in [-0.2, -0.15) is 0 Å². The smallest absolute Gasteiger partial charge is 0.102 e. The van der Waals surface area contributed by atoms with E-state index in [9.17, 15) is 5.11 Å². The second-order valence-electron chi connectivity index (χ2n) is 4.35. The lowest BCUT2D eigenvalue weighted by Gasteiger charge is -2.10. The fourth-order valence-electron chi connectivity index (χ4n) is 2.14. The molecule has 0 aliphatic heterocycles. The molecular weight excluding hydrogens is 278 g/mol. The summed E-state index contributed by atoms with van der Waals surface area (Å²) in [5, 5.41) is 14.1. The van der Waals surface area contributed by atoms with Gasteiger partial charge in [-0.3, -0.25) is 4.98 Å². The fraction of sp³-hybridized carbons (Fsp3) is 0.133. The molecule has 0 aliphatic rings. The number of hydrogen-bond donors (Lipinski definition) is 1. The first-order chi connectivity index (χ1) is 9.25. The molecule has 0 aliphatic carbocycles. The predicted octanol–water partition coefficient (Wildman–Crippen LogP) is 4.23. The van der Waals surface area contributed by atoms with Crippen molar-refractivity contribution < 1.29 is 5.11 Å².